The Morgan fingerprint density at radius 1 is 1.27 bits per heavy atom. The molecule has 0 heterocycles. The first-order valence-electron chi connectivity index (χ1n) is 2.86. The van der Waals surface area contributed by atoms with E-state index in [1.54, 1.807) is 0 Å². The highest BCUT2D eigenvalue weighted by atomic mass is 79.9. The second-order valence-electron chi connectivity index (χ2n) is 2.02. The van der Waals surface area contributed by atoms with Crippen LogP contribution < -0.4 is 0 Å². The van der Waals surface area contributed by atoms with Gasteiger partial charge in [0.15, 0.2) is 0 Å². The van der Waals surface area contributed by atoms with Crippen molar-refractivity contribution < 1.29 is 13.9 Å². The first-order valence-corrected chi connectivity index (χ1v) is 3.66. The average Bonchev–Trinajstić information content (AvgIpc) is 1.99. The van der Waals surface area contributed by atoms with Gasteiger partial charge in [-0.05, 0) is 33.6 Å². The lowest BCUT2D eigenvalue weighted by atomic mass is 10.2. The predicted octanol–water partition coefficient (Wildman–Crippen LogP) is 2.66. The zero-order chi connectivity index (χ0) is 8.43. The van der Waals surface area contributed by atoms with E-state index in [0.717, 1.165) is 12.1 Å². The van der Waals surface area contributed by atoms with Gasteiger partial charge in [0, 0.05) is 0 Å². The fourth-order valence-corrected chi connectivity index (χ4v) is 0.920. The van der Waals surface area contributed by atoms with Gasteiger partial charge in [-0.15, -0.1) is 0 Å². The molecule has 0 atom stereocenters. The molecule has 11 heavy (non-hydrogen) atoms. The average molecular weight is 222 g/mol. The van der Waals surface area contributed by atoms with Gasteiger partial charge in [0.1, 0.15) is 18.2 Å². The highest BCUT2D eigenvalue weighted by Crippen LogP contribution is 2.20. The van der Waals surface area contributed by atoms with E-state index in [1.165, 1.54) is 0 Å². The molecule has 0 unspecified atom stereocenters. The number of rotatable bonds is 1. The molecule has 4 heteroatoms. The zero-order valence-corrected chi connectivity index (χ0v) is 6.99. The van der Waals surface area contributed by atoms with Crippen LogP contribution in [0.2, 0.25) is 0 Å². The van der Waals surface area contributed by atoms with Gasteiger partial charge in [0.25, 0.3) is 0 Å². The number of halogens is 3. The number of hydrogen-bond acceptors (Lipinski definition) is 0. The third kappa shape index (κ3) is 1.75. The van der Waals surface area contributed by atoms with Crippen LogP contribution in [0.15, 0.2) is 16.6 Å². The first kappa shape index (κ1) is 8.62. The lowest BCUT2D eigenvalue weighted by Crippen LogP contribution is -1.89. The molecule has 59 valence electrons. The van der Waals surface area contributed by atoms with Gasteiger partial charge in [0.2, 0.25) is 0 Å². The van der Waals surface area contributed by atoms with Gasteiger partial charge in [-0.25, -0.2) is 13.9 Å². The van der Waals surface area contributed by atoms with Crippen molar-refractivity contribution in [2.75, 3.05) is 0 Å². The summed E-state index contributed by atoms with van der Waals surface area (Å²) in [5.74, 6) is -1.48. The third-order valence-corrected chi connectivity index (χ3v) is 1.97. The molecule has 0 bridgehead atoms. The number of benzene rings is 1. The largest absolute Gasteiger partial charge is 0.232 e. The van der Waals surface area contributed by atoms with E-state index in [9.17, 15) is 13.9 Å². The Labute approximate surface area is 70.8 Å². The molecule has 0 fully saturated rings. The van der Waals surface area contributed by atoms with E-state index in [2.05, 4.69) is 15.9 Å². The van der Waals surface area contributed by atoms with Crippen LogP contribution in [-0.2, 0) is 11.7 Å². The van der Waals surface area contributed by atoms with Crippen LogP contribution in [0, 0.1) is 11.6 Å². The molecule has 1 aromatic rings. The molecular weight excluding hydrogens is 218 g/mol. The Hall–Kier alpha value is -0.480. The summed E-state index contributed by atoms with van der Waals surface area (Å²) in [6, 6.07) is 2.03. The van der Waals surface area contributed by atoms with Crippen molar-refractivity contribution >= 4 is 15.9 Å². The Morgan fingerprint density at radius 2 is 1.73 bits per heavy atom. The first-order chi connectivity index (χ1) is 5.15. The van der Waals surface area contributed by atoms with Crippen molar-refractivity contribution in [3.8, 4) is 0 Å². The molecule has 0 aliphatic rings. The van der Waals surface area contributed by atoms with E-state index in [0.29, 0.717) is 0 Å². The van der Waals surface area contributed by atoms with Crippen molar-refractivity contribution in [2.24, 2.45) is 0 Å². The molecule has 0 saturated carbocycles. The molecule has 0 aromatic heterocycles. The van der Waals surface area contributed by atoms with Gasteiger partial charge in [0.05, 0.1) is 4.47 Å². The molecule has 0 saturated heterocycles. The van der Waals surface area contributed by atoms with E-state index in [1.807, 2.05) is 0 Å². The summed E-state index contributed by atoms with van der Waals surface area (Å²) in [6.07, 6.45) is 0. The molecule has 0 aliphatic heterocycles. The normalized spacial score (nSPS) is 10.2. The Kier molecular flexibility index (Phi) is 2.57. The van der Waals surface area contributed by atoms with Crippen molar-refractivity contribution in [1.29, 1.82) is 0 Å². The van der Waals surface area contributed by atoms with Crippen molar-refractivity contribution in [3.63, 3.8) is 0 Å². The predicted molar refractivity (Wildman–Crippen MR) is 38.4 cm³/mol. The topological polar surface area (TPSA) is 19.9 Å². The van der Waals surface area contributed by atoms with Gasteiger partial charge >= 0.3 is 0 Å². The minimum absolute atomic E-state index is 0.114. The summed E-state index contributed by atoms with van der Waals surface area (Å²) < 4.78 is 25.0. The minimum atomic E-state index is -0.740. The molecule has 0 N–H and O–H groups in total. The van der Waals surface area contributed by atoms with Crippen LogP contribution >= 0.6 is 15.9 Å². The maximum Gasteiger partial charge on any atom is 0.140 e. The fourth-order valence-electron chi connectivity index (χ4n) is 0.691. The van der Waals surface area contributed by atoms with E-state index in [-0.39, 0.29) is 10.0 Å². The molecule has 1 aromatic carbocycles. The summed E-state index contributed by atoms with van der Waals surface area (Å²) in [4.78, 5) is 0. The van der Waals surface area contributed by atoms with Crippen LogP contribution in [0.3, 0.4) is 0 Å². The Morgan fingerprint density at radius 3 is 2.09 bits per heavy atom. The van der Waals surface area contributed by atoms with E-state index < -0.39 is 18.2 Å². The summed E-state index contributed by atoms with van der Waals surface area (Å²) in [5.41, 5.74) is 0.114. The Bertz CT molecular complexity index is 252. The second kappa shape index (κ2) is 3.28. The lowest BCUT2D eigenvalue weighted by Gasteiger charge is -1.98. The fraction of sp³-hybridized carbons (Fsp3) is 0.143. The summed E-state index contributed by atoms with van der Waals surface area (Å²) in [6.45, 7) is -0.610. The van der Waals surface area contributed by atoms with Crippen LogP contribution in [0.5, 0.6) is 0 Å². The van der Waals surface area contributed by atoms with Crippen molar-refractivity contribution in [2.45, 2.75) is 6.61 Å². The maximum atomic E-state index is 12.6. The van der Waals surface area contributed by atoms with Gasteiger partial charge in [-0.2, -0.15) is 0 Å². The third-order valence-electron chi connectivity index (χ3n) is 1.21. The highest BCUT2D eigenvalue weighted by Gasteiger charge is 2.07. The molecule has 0 spiro atoms. The quantitative estimate of drug-likeness (QED) is 0.651. The molecule has 0 amide bonds. The molecule has 1 nitrogen and oxygen atoms in total. The van der Waals surface area contributed by atoms with Gasteiger partial charge < -0.3 is 0 Å². The molecule has 1 rings (SSSR count). The summed E-state index contributed by atoms with van der Waals surface area (Å²) in [5, 5.41) is 10.2. The summed E-state index contributed by atoms with van der Waals surface area (Å²) >= 11 is 2.69. The Balaban J connectivity index is 3.21. The maximum absolute atomic E-state index is 12.6. The van der Waals surface area contributed by atoms with Crippen molar-refractivity contribution in [1.82, 2.24) is 0 Å². The van der Waals surface area contributed by atoms with Crippen molar-refractivity contribution in [3.05, 3.63) is 33.8 Å². The van der Waals surface area contributed by atoms with Crippen LogP contribution in [-0.4, -0.2) is 0 Å². The molecule has 1 radical (unpaired) electrons. The smallest absolute Gasteiger partial charge is 0.140 e. The standard InChI is InChI=1S/C7H4BrF2O/c8-7-5(9)1-4(3-11)2-6(7)10/h1-2H,3H2. The van der Waals surface area contributed by atoms with Crippen LogP contribution in [0.25, 0.3) is 0 Å². The van der Waals surface area contributed by atoms with Gasteiger partial charge in [-0.3, -0.25) is 0 Å². The van der Waals surface area contributed by atoms with E-state index in [4.69, 9.17) is 0 Å². The second-order valence-corrected chi connectivity index (χ2v) is 2.81. The summed E-state index contributed by atoms with van der Waals surface area (Å²) in [7, 11) is 0. The molecular formula is C7H4BrF2O. The monoisotopic (exact) mass is 221 g/mol. The van der Waals surface area contributed by atoms with E-state index >= 15 is 0 Å². The number of hydrogen-bond donors (Lipinski definition) is 0. The highest BCUT2D eigenvalue weighted by molar-refractivity contribution is 9.10. The minimum Gasteiger partial charge on any atom is -0.232 e. The van der Waals surface area contributed by atoms with Crippen LogP contribution in [0.4, 0.5) is 8.78 Å². The van der Waals surface area contributed by atoms with Crippen LogP contribution in [0.1, 0.15) is 5.56 Å². The lowest BCUT2D eigenvalue weighted by molar-refractivity contribution is 0.177. The molecule has 0 aliphatic carbocycles. The SMILES string of the molecule is [O]Cc1cc(F)c(Br)c(F)c1. The zero-order valence-electron chi connectivity index (χ0n) is 5.40. The van der Waals surface area contributed by atoms with Gasteiger partial charge in [-0.1, -0.05) is 0 Å².